The van der Waals surface area contributed by atoms with Crippen LogP contribution in [-0.2, 0) is 13.8 Å². The molecule has 0 unspecified atom stereocenters. The van der Waals surface area contributed by atoms with Gasteiger partial charge in [0, 0.05) is 0 Å². The Morgan fingerprint density at radius 3 is 2.22 bits per heavy atom. The summed E-state index contributed by atoms with van der Waals surface area (Å²) in [6.07, 6.45) is -10.7. The topological polar surface area (TPSA) is 183 Å². The molecule has 1 rings (SSSR count). The van der Waals surface area contributed by atoms with E-state index >= 15 is 0 Å². The van der Waals surface area contributed by atoms with Crippen LogP contribution in [0.2, 0.25) is 0 Å². The second kappa shape index (κ2) is 5.88. The van der Waals surface area contributed by atoms with Gasteiger partial charge in [0.15, 0.2) is 6.29 Å². The van der Waals surface area contributed by atoms with Crippen molar-refractivity contribution in [3.63, 3.8) is 0 Å². The van der Waals surface area contributed by atoms with Gasteiger partial charge < -0.3 is 49.1 Å². The summed E-state index contributed by atoms with van der Waals surface area (Å²) >= 11 is 0. The van der Waals surface area contributed by atoms with Crippen molar-refractivity contribution in [2.75, 3.05) is 6.61 Å². The second-order valence-electron chi connectivity index (χ2n) is 3.77. The molecular weight excluding hydrogens is 275 g/mol. The molecule has 0 radical (unpaired) electrons. The first-order valence-electron chi connectivity index (χ1n) is 4.86. The number of ether oxygens (including phenoxy) is 1. The van der Waals surface area contributed by atoms with E-state index in [1.54, 1.807) is 0 Å². The summed E-state index contributed by atoms with van der Waals surface area (Å²) in [6.45, 7) is -1.01. The highest BCUT2D eigenvalue weighted by Gasteiger charge is 2.45. The SMILES string of the molecule is O=P([O-])([O-])OC[C@@H](O)[C@H]1O[C@H](O)[C@@H](O)[C@@H](O)[C@@H]1O. The molecule has 10 nitrogen and oxygen atoms in total. The predicted molar refractivity (Wildman–Crippen MR) is 48.5 cm³/mol. The quantitative estimate of drug-likeness (QED) is 0.314. The number of aliphatic hydroxyl groups is 5. The van der Waals surface area contributed by atoms with E-state index in [-0.39, 0.29) is 0 Å². The van der Waals surface area contributed by atoms with Crippen LogP contribution in [0.25, 0.3) is 0 Å². The molecule has 0 aromatic heterocycles. The number of hydrogen-bond acceptors (Lipinski definition) is 10. The van der Waals surface area contributed by atoms with Gasteiger partial charge in [-0.05, 0) is 0 Å². The molecule has 1 aliphatic heterocycles. The first kappa shape index (κ1) is 15.9. The third-order valence-corrected chi connectivity index (χ3v) is 2.87. The molecule has 1 saturated heterocycles. The second-order valence-corrected chi connectivity index (χ2v) is 4.93. The minimum absolute atomic E-state index is 1.01. The largest absolute Gasteiger partial charge is 0.790 e. The summed E-state index contributed by atoms with van der Waals surface area (Å²) in [5.41, 5.74) is 0. The Morgan fingerprint density at radius 1 is 1.17 bits per heavy atom. The van der Waals surface area contributed by atoms with Crippen LogP contribution in [0.5, 0.6) is 0 Å². The van der Waals surface area contributed by atoms with Gasteiger partial charge in [-0.1, -0.05) is 0 Å². The normalized spacial score (nSPS) is 39.6. The summed E-state index contributed by atoms with van der Waals surface area (Å²) in [5.74, 6) is 0. The van der Waals surface area contributed by atoms with Crippen molar-refractivity contribution in [2.45, 2.75) is 36.8 Å². The fourth-order valence-electron chi connectivity index (χ4n) is 1.47. The van der Waals surface area contributed by atoms with Crippen LogP contribution in [0.3, 0.4) is 0 Å². The van der Waals surface area contributed by atoms with E-state index in [2.05, 4.69) is 9.26 Å². The third-order valence-electron chi connectivity index (χ3n) is 2.41. The summed E-state index contributed by atoms with van der Waals surface area (Å²) in [6, 6.07) is 0. The zero-order valence-electron chi connectivity index (χ0n) is 8.90. The van der Waals surface area contributed by atoms with Crippen LogP contribution in [0.1, 0.15) is 0 Å². The highest BCUT2D eigenvalue weighted by molar-refractivity contribution is 7.43. The Morgan fingerprint density at radius 2 is 1.72 bits per heavy atom. The Hall–Kier alpha value is -0.130. The lowest BCUT2D eigenvalue weighted by Crippen LogP contribution is -2.61. The molecule has 1 aliphatic rings. The smallest absolute Gasteiger partial charge is 0.184 e. The average molecular weight is 288 g/mol. The van der Waals surface area contributed by atoms with Gasteiger partial charge in [-0.2, -0.15) is 0 Å². The molecule has 0 aromatic rings. The van der Waals surface area contributed by atoms with Gasteiger partial charge in [0.1, 0.15) is 30.5 Å². The molecule has 0 aliphatic carbocycles. The van der Waals surface area contributed by atoms with Crippen molar-refractivity contribution in [3.05, 3.63) is 0 Å². The van der Waals surface area contributed by atoms with Crippen LogP contribution in [0.15, 0.2) is 0 Å². The van der Waals surface area contributed by atoms with Crippen LogP contribution in [0.4, 0.5) is 0 Å². The molecule has 1 heterocycles. The molecule has 0 bridgehead atoms. The van der Waals surface area contributed by atoms with Gasteiger partial charge in [-0.15, -0.1) is 0 Å². The summed E-state index contributed by atoms with van der Waals surface area (Å²) in [7, 11) is -5.30. The van der Waals surface area contributed by atoms with E-state index in [1.807, 2.05) is 0 Å². The molecule has 108 valence electrons. The maximum absolute atomic E-state index is 10.2. The predicted octanol–water partition coefficient (Wildman–Crippen LogP) is -5.01. The van der Waals surface area contributed by atoms with Crippen LogP contribution >= 0.6 is 7.82 Å². The fourth-order valence-corrected chi connectivity index (χ4v) is 1.80. The third kappa shape index (κ3) is 3.93. The highest BCUT2D eigenvalue weighted by Crippen LogP contribution is 2.27. The molecular formula is C7H13O10P-2. The van der Waals surface area contributed by atoms with E-state index in [0.717, 1.165) is 0 Å². The van der Waals surface area contributed by atoms with Crippen LogP contribution in [-0.4, -0.2) is 68.9 Å². The summed E-state index contributed by atoms with van der Waals surface area (Å²) in [5, 5.41) is 46.4. The van der Waals surface area contributed by atoms with Crippen molar-refractivity contribution < 1.29 is 49.1 Å². The molecule has 0 spiro atoms. The van der Waals surface area contributed by atoms with Gasteiger partial charge in [-0.3, -0.25) is 0 Å². The summed E-state index contributed by atoms with van der Waals surface area (Å²) < 4.78 is 18.5. The van der Waals surface area contributed by atoms with Crippen molar-refractivity contribution in [1.82, 2.24) is 0 Å². The van der Waals surface area contributed by atoms with Gasteiger partial charge in [0.2, 0.25) is 0 Å². The zero-order valence-corrected chi connectivity index (χ0v) is 9.79. The van der Waals surface area contributed by atoms with Gasteiger partial charge in [-0.25, -0.2) is 0 Å². The highest BCUT2D eigenvalue weighted by atomic mass is 31.2. The maximum Gasteiger partial charge on any atom is 0.184 e. The van der Waals surface area contributed by atoms with Crippen molar-refractivity contribution in [2.24, 2.45) is 0 Å². The molecule has 0 aromatic carbocycles. The molecule has 18 heavy (non-hydrogen) atoms. The van der Waals surface area contributed by atoms with Crippen molar-refractivity contribution in [3.8, 4) is 0 Å². The summed E-state index contributed by atoms with van der Waals surface area (Å²) in [4.78, 5) is 20.4. The molecule has 0 saturated carbocycles. The standard InChI is InChI=1S/C7H15O10P/c8-2(1-16-18(13,14)15)6-4(10)3(9)5(11)7(12)17-6/h2-12H,1H2,(H2,13,14,15)/p-2/t2-,3+,4+,5+,6-,7+/m1/s1. The van der Waals surface area contributed by atoms with E-state index in [4.69, 9.17) is 10.2 Å². The number of rotatable bonds is 4. The number of aliphatic hydroxyl groups excluding tert-OH is 5. The first-order chi connectivity index (χ1) is 8.13. The van der Waals surface area contributed by atoms with Crippen LogP contribution < -0.4 is 9.79 Å². The maximum atomic E-state index is 10.2. The fraction of sp³-hybridized carbons (Fsp3) is 1.00. The lowest BCUT2D eigenvalue weighted by molar-refractivity contribution is -0.345. The van der Waals surface area contributed by atoms with E-state index in [1.165, 1.54) is 0 Å². The van der Waals surface area contributed by atoms with Crippen LogP contribution in [0, 0.1) is 0 Å². The van der Waals surface area contributed by atoms with Crippen molar-refractivity contribution in [1.29, 1.82) is 0 Å². The minimum atomic E-state index is -5.30. The minimum Gasteiger partial charge on any atom is -0.790 e. The average Bonchev–Trinajstić information content (AvgIpc) is 2.27. The molecule has 0 amide bonds. The number of phosphoric acid groups is 1. The van der Waals surface area contributed by atoms with E-state index in [9.17, 15) is 29.7 Å². The monoisotopic (exact) mass is 288 g/mol. The molecule has 1 fully saturated rings. The molecule has 11 heteroatoms. The number of phosphoric ester groups is 1. The van der Waals surface area contributed by atoms with Gasteiger partial charge >= 0.3 is 0 Å². The Bertz CT molecular complexity index is 317. The van der Waals surface area contributed by atoms with Gasteiger partial charge in [0.05, 0.1) is 14.4 Å². The molecule has 5 N–H and O–H groups in total. The Labute approximate surface area is 101 Å². The lowest BCUT2D eigenvalue weighted by Gasteiger charge is -2.40. The Balaban J connectivity index is 2.62. The number of hydrogen-bond donors (Lipinski definition) is 5. The zero-order chi connectivity index (χ0) is 14.1. The Kier molecular flexibility index (Phi) is 5.21. The van der Waals surface area contributed by atoms with Gasteiger partial charge in [0.25, 0.3) is 0 Å². The van der Waals surface area contributed by atoms with E-state index < -0.39 is 51.2 Å². The van der Waals surface area contributed by atoms with Crippen molar-refractivity contribution >= 4 is 7.82 Å². The lowest BCUT2D eigenvalue weighted by atomic mass is 9.96. The molecule has 6 atom stereocenters. The van der Waals surface area contributed by atoms with E-state index in [0.29, 0.717) is 0 Å². The first-order valence-corrected chi connectivity index (χ1v) is 6.32.